The standard InChI is InChI=1S/C16H18O6/c1-8-6-12(20-5)9(2)10(13(8)17)7-11-14(18)21-16(3,4)22-15(11)19/h6-7,17H,1-5H3. The third-order valence-electron chi connectivity index (χ3n) is 3.38. The number of cyclic esters (lactones) is 2. The highest BCUT2D eigenvalue weighted by Crippen LogP contribution is 2.35. The topological polar surface area (TPSA) is 82.1 Å². The quantitative estimate of drug-likeness (QED) is 0.512. The first-order chi connectivity index (χ1) is 10.2. The molecule has 6 heteroatoms. The van der Waals surface area contributed by atoms with Gasteiger partial charge in [-0.15, -0.1) is 0 Å². The lowest BCUT2D eigenvalue weighted by Gasteiger charge is -2.29. The molecule has 0 saturated carbocycles. The number of esters is 2. The maximum atomic E-state index is 12.0. The summed E-state index contributed by atoms with van der Waals surface area (Å²) in [5, 5.41) is 10.2. The van der Waals surface area contributed by atoms with Gasteiger partial charge in [-0.05, 0) is 31.6 Å². The van der Waals surface area contributed by atoms with Gasteiger partial charge in [0.25, 0.3) is 5.79 Å². The van der Waals surface area contributed by atoms with Gasteiger partial charge in [0.05, 0.1) is 7.11 Å². The molecule has 1 saturated heterocycles. The highest BCUT2D eigenvalue weighted by atomic mass is 16.7. The number of phenols is 1. The van der Waals surface area contributed by atoms with Crippen LogP contribution >= 0.6 is 0 Å². The van der Waals surface area contributed by atoms with Gasteiger partial charge in [-0.25, -0.2) is 9.59 Å². The number of aromatic hydroxyl groups is 1. The molecule has 1 aliphatic rings. The van der Waals surface area contributed by atoms with Crippen LogP contribution in [0.4, 0.5) is 0 Å². The van der Waals surface area contributed by atoms with Crippen LogP contribution in [-0.4, -0.2) is 29.9 Å². The summed E-state index contributed by atoms with van der Waals surface area (Å²) in [6, 6.07) is 1.67. The Morgan fingerprint density at radius 3 is 2.23 bits per heavy atom. The van der Waals surface area contributed by atoms with E-state index in [1.807, 2.05) is 0 Å². The van der Waals surface area contributed by atoms with E-state index in [4.69, 9.17) is 14.2 Å². The average molecular weight is 306 g/mol. The summed E-state index contributed by atoms with van der Waals surface area (Å²) in [7, 11) is 1.50. The summed E-state index contributed by atoms with van der Waals surface area (Å²) in [6.45, 7) is 6.35. The number of hydrogen-bond acceptors (Lipinski definition) is 6. The minimum Gasteiger partial charge on any atom is -0.507 e. The molecule has 118 valence electrons. The Hall–Kier alpha value is -2.50. The monoisotopic (exact) mass is 306 g/mol. The van der Waals surface area contributed by atoms with E-state index in [2.05, 4.69) is 0 Å². The zero-order valence-electron chi connectivity index (χ0n) is 13.1. The summed E-state index contributed by atoms with van der Waals surface area (Å²) in [5.74, 6) is -2.37. The maximum absolute atomic E-state index is 12.0. The van der Waals surface area contributed by atoms with Gasteiger partial charge >= 0.3 is 11.9 Å². The molecule has 1 aliphatic heterocycles. The number of carbonyl (C=O) groups excluding carboxylic acids is 2. The molecular weight excluding hydrogens is 288 g/mol. The Balaban J connectivity index is 2.56. The third kappa shape index (κ3) is 2.77. The number of hydrogen-bond donors (Lipinski definition) is 1. The largest absolute Gasteiger partial charge is 0.507 e. The van der Waals surface area contributed by atoms with Crippen LogP contribution in [0.25, 0.3) is 6.08 Å². The lowest BCUT2D eigenvalue weighted by Crippen LogP contribution is -2.41. The van der Waals surface area contributed by atoms with Crippen molar-refractivity contribution in [3.05, 3.63) is 28.3 Å². The first-order valence-electron chi connectivity index (χ1n) is 6.72. The van der Waals surface area contributed by atoms with Gasteiger partial charge in [-0.3, -0.25) is 0 Å². The molecule has 0 radical (unpaired) electrons. The Labute approximate surface area is 128 Å². The van der Waals surface area contributed by atoms with Crippen molar-refractivity contribution in [3.8, 4) is 11.5 Å². The second kappa shape index (κ2) is 5.36. The summed E-state index contributed by atoms with van der Waals surface area (Å²) in [4.78, 5) is 24.0. The lowest BCUT2D eigenvalue weighted by molar-refractivity contribution is -0.222. The average Bonchev–Trinajstić information content (AvgIpc) is 2.40. The molecule has 6 nitrogen and oxygen atoms in total. The van der Waals surface area contributed by atoms with Crippen LogP contribution in [0.3, 0.4) is 0 Å². The van der Waals surface area contributed by atoms with Crippen LogP contribution in [0.1, 0.15) is 30.5 Å². The molecule has 2 rings (SSSR count). The van der Waals surface area contributed by atoms with Crippen molar-refractivity contribution < 1.29 is 28.9 Å². The van der Waals surface area contributed by atoms with Gasteiger partial charge in [0.1, 0.15) is 17.1 Å². The number of aryl methyl sites for hydroxylation is 1. The van der Waals surface area contributed by atoms with E-state index in [-0.39, 0.29) is 11.3 Å². The third-order valence-corrected chi connectivity index (χ3v) is 3.38. The number of carbonyl (C=O) groups is 2. The minimum absolute atomic E-state index is 0.0313. The fourth-order valence-electron chi connectivity index (χ4n) is 2.21. The van der Waals surface area contributed by atoms with Crippen molar-refractivity contribution in [1.82, 2.24) is 0 Å². The zero-order valence-corrected chi connectivity index (χ0v) is 13.1. The number of ether oxygens (including phenoxy) is 3. The van der Waals surface area contributed by atoms with Crippen molar-refractivity contribution >= 4 is 18.0 Å². The predicted octanol–water partition coefficient (Wildman–Crippen LogP) is 2.24. The summed E-state index contributed by atoms with van der Waals surface area (Å²) >= 11 is 0. The number of rotatable bonds is 2. The Morgan fingerprint density at radius 1 is 1.18 bits per heavy atom. The summed E-state index contributed by atoms with van der Waals surface area (Å²) in [6.07, 6.45) is 1.26. The zero-order chi connectivity index (χ0) is 16.7. The van der Waals surface area contributed by atoms with E-state index < -0.39 is 17.7 Å². The first-order valence-corrected chi connectivity index (χ1v) is 6.72. The molecule has 0 bridgehead atoms. The second-order valence-corrected chi connectivity index (χ2v) is 5.52. The van der Waals surface area contributed by atoms with Crippen LogP contribution in [-0.2, 0) is 19.1 Å². The summed E-state index contributed by atoms with van der Waals surface area (Å²) < 4.78 is 15.3. The highest BCUT2D eigenvalue weighted by molar-refractivity contribution is 6.19. The lowest BCUT2D eigenvalue weighted by atomic mass is 9.99. The Kier molecular flexibility index (Phi) is 3.87. The smallest absolute Gasteiger partial charge is 0.348 e. The van der Waals surface area contributed by atoms with Gasteiger partial charge in [0.15, 0.2) is 0 Å². The molecule has 1 heterocycles. The van der Waals surface area contributed by atoms with Crippen LogP contribution in [0.15, 0.2) is 11.6 Å². The molecular formula is C16H18O6. The van der Waals surface area contributed by atoms with Crippen molar-refractivity contribution in [2.45, 2.75) is 33.5 Å². The van der Waals surface area contributed by atoms with Crippen molar-refractivity contribution in [2.24, 2.45) is 0 Å². The maximum Gasteiger partial charge on any atom is 0.348 e. The van der Waals surface area contributed by atoms with Crippen molar-refractivity contribution in [2.75, 3.05) is 7.11 Å². The summed E-state index contributed by atoms with van der Waals surface area (Å²) in [5.41, 5.74) is 1.21. The number of benzene rings is 1. The number of methoxy groups -OCH3 is 1. The van der Waals surface area contributed by atoms with Crippen LogP contribution in [0, 0.1) is 13.8 Å². The SMILES string of the molecule is COc1cc(C)c(O)c(C=C2C(=O)OC(C)(C)OC2=O)c1C. The molecule has 1 fully saturated rings. The van der Waals surface area contributed by atoms with E-state index in [1.54, 1.807) is 19.9 Å². The fourth-order valence-corrected chi connectivity index (χ4v) is 2.21. The van der Waals surface area contributed by atoms with Gasteiger partial charge in [-0.2, -0.15) is 0 Å². The molecule has 0 aromatic heterocycles. The number of phenolic OH excluding ortho intramolecular Hbond substituents is 1. The van der Waals surface area contributed by atoms with E-state index in [0.717, 1.165) is 0 Å². The first kappa shape index (κ1) is 15.9. The molecule has 1 N–H and O–H groups in total. The van der Waals surface area contributed by atoms with Crippen LogP contribution in [0.2, 0.25) is 0 Å². The van der Waals surface area contributed by atoms with Crippen molar-refractivity contribution in [1.29, 1.82) is 0 Å². The van der Waals surface area contributed by atoms with E-state index in [1.165, 1.54) is 27.0 Å². The molecule has 0 aliphatic carbocycles. The Morgan fingerprint density at radius 2 is 1.73 bits per heavy atom. The van der Waals surface area contributed by atoms with Crippen LogP contribution in [0.5, 0.6) is 11.5 Å². The molecule has 0 atom stereocenters. The molecule has 0 spiro atoms. The van der Waals surface area contributed by atoms with Gasteiger partial charge in [0.2, 0.25) is 0 Å². The van der Waals surface area contributed by atoms with Gasteiger partial charge < -0.3 is 19.3 Å². The molecule has 0 unspecified atom stereocenters. The minimum atomic E-state index is -1.30. The molecule has 0 amide bonds. The van der Waals surface area contributed by atoms with Crippen LogP contribution < -0.4 is 4.74 Å². The van der Waals surface area contributed by atoms with Gasteiger partial charge in [0, 0.05) is 25.0 Å². The predicted molar refractivity (Wildman–Crippen MR) is 78.4 cm³/mol. The Bertz CT molecular complexity index is 662. The molecule has 22 heavy (non-hydrogen) atoms. The highest BCUT2D eigenvalue weighted by Gasteiger charge is 2.39. The van der Waals surface area contributed by atoms with E-state index in [9.17, 15) is 14.7 Å². The van der Waals surface area contributed by atoms with E-state index in [0.29, 0.717) is 22.4 Å². The van der Waals surface area contributed by atoms with Crippen molar-refractivity contribution in [3.63, 3.8) is 0 Å². The molecule has 1 aromatic rings. The molecule has 1 aromatic carbocycles. The van der Waals surface area contributed by atoms with E-state index >= 15 is 0 Å². The van der Waals surface area contributed by atoms with Gasteiger partial charge in [-0.1, -0.05) is 0 Å². The normalized spacial score (nSPS) is 16.9. The second-order valence-electron chi connectivity index (χ2n) is 5.52. The fraction of sp³-hybridized carbons (Fsp3) is 0.375.